The van der Waals surface area contributed by atoms with E-state index < -0.39 is 6.10 Å². The summed E-state index contributed by atoms with van der Waals surface area (Å²) < 4.78 is 0. The average Bonchev–Trinajstić information content (AvgIpc) is 3.22. The fourth-order valence-corrected chi connectivity index (χ4v) is 4.02. The van der Waals surface area contributed by atoms with Crippen LogP contribution in [-0.4, -0.2) is 11.0 Å². The first kappa shape index (κ1) is 15.9. The molecular weight excluding hydrogens is 326 g/mol. The second kappa shape index (κ2) is 7.08. The molecule has 2 heterocycles. The summed E-state index contributed by atoms with van der Waals surface area (Å²) in [7, 11) is 0. The predicted molar refractivity (Wildman–Crippen MR) is 95.0 cm³/mol. The predicted octanol–water partition coefficient (Wildman–Crippen LogP) is 4.13. The van der Waals surface area contributed by atoms with Gasteiger partial charge >= 0.3 is 0 Å². The molecule has 1 atom stereocenters. The van der Waals surface area contributed by atoms with Gasteiger partial charge in [-0.15, -0.1) is 22.7 Å². The molecule has 3 rings (SSSR count). The molecule has 0 bridgehead atoms. The number of thiophene rings is 2. The summed E-state index contributed by atoms with van der Waals surface area (Å²) in [6, 6.07) is 15.3. The third-order valence-electron chi connectivity index (χ3n) is 3.44. The van der Waals surface area contributed by atoms with E-state index in [2.05, 4.69) is 5.32 Å². The van der Waals surface area contributed by atoms with Gasteiger partial charge in [0.1, 0.15) is 6.10 Å². The number of aliphatic hydroxyl groups is 1. The minimum atomic E-state index is -0.620. The summed E-state index contributed by atoms with van der Waals surface area (Å²) in [5.74, 6) is -0.0540. The number of aliphatic hydroxyl groups excluding tert-OH is 1. The molecule has 2 aromatic heterocycles. The molecule has 1 amide bonds. The van der Waals surface area contributed by atoms with E-state index in [1.165, 1.54) is 22.7 Å². The van der Waals surface area contributed by atoms with E-state index in [0.717, 1.165) is 25.8 Å². The molecule has 1 unspecified atom stereocenters. The van der Waals surface area contributed by atoms with Gasteiger partial charge in [0.05, 0.1) is 11.4 Å². The van der Waals surface area contributed by atoms with Gasteiger partial charge in [-0.25, -0.2) is 0 Å². The Bertz CT molecular complexity index is 792. The summed E-state index contributed by atoms with van der Waals surface area (Å²) in [6.07, 6.45) is -0.620. The number of amides is 1. The third kappa shape index (κ3) is 3.88. The maximum atomic E-state index is 12.0. The number of hydrogen-bond donors (Lipinski definition) is 2. The maximum absolute atomic E-state index is 12.0. The highest BCUT2D eigenvalue weighted by molar-refractivity contribution is 7.12. The van der Waals surface area contributed by atoms with Crippen LogP contribution in [0.5, 0.6) is 0 Å². The molecule has 1 aromatic carbocycles. The first-order valence-corrected chi connectivity index (χ1v) is 8.98. The van der Waals surface area contributed by atoms with Crippen molar-refractivity contribution in [3.8, 4) is 0 Å². The Kier molecular flexibility index (Phi) is 4.91. The molecule has 0 radical (unpaired) electrons. The molecule has 0 aliphatic rings. The standard InChI is InChI=1S/C18H17NO2S2/c1-12-9-16(22-11-12)18(21)19-10-14-7-8-15(23-14)17(20)13-5-3-2-4-6-13/h2-9,11,17,20H,10H2,1H3,(H,19,21). The van der Waals surface area contributed by atoms with Crippen molar-refractivity contribution >= 4 is 28.6 Å². The van der Waals surface area contributed by atoms with Gasteiger partial charge in [-0.1, -0.05) is 30.3 Å². The molecule has 0 aliphatic heterocycles. The number of rotatable bonds is 5. The maximum Gasteiger partial charge on any atom is 0.261 e. The Morgan fingerprint density at radius 1 is 1.22 bits per heavy atom. The van der Waals surface area contributed by atoms with Crippen LogP contribution in [0, 0.1) is 6.92 Å². The van der Waals surface area contributed by atoms with Gasteiger partial charge in [0.25, 0.3) is 5.91 Å². The molecule has 5 heteroatoms. The van der Waals surface area contributed by atoms with E-state index in [-0.39, 0.29) is 5.91 Å². The molecule has 118 valence electrons. The summed E-state index contributed by atoms with van der Waals surface area (Å²) in [6.45, 7) is 2.45. The van der Waals surface area contributed by atoms with Gasteiger partial charge in [-0.05, 0) is 41.6 Å². The Hall–Kier alpha value is -1.95. The first-order valence-electron chi connectivity index (χ1n) is 7.28. The van der Waals surface area contributed by atoms with Crippen LogP contribution in [0.2, 0.25) is 0 Å². The minimum absolute atomic E-state index is 0.0540. The van der Waals surface area contributed by atoms with E-state index >= 15 is 0 Å². The van der Waals surface area contributed by atoms with Crippen LogP contribution in [0.25, 0.3) is 0 Å². The van der Waals surface area contributed by atoms with E-state index in [4.69, 9.17) is 0 Å². The second-order valence-electron chi connectivity index (χ2n) is 5.29. The molecule has 23 heavy (non-hydrogen) atoms. The highest BCUT2D eigenvalue weighted by Gasteiger charge is 2.13. The van der Waals surface area contributed by atoms with E-state index in [1.54, 1.807) is 0 Å². The summed E-state index contributed by atoms with van der Waals surface area (Å²) in [5.41, 5.74) is 1.98. The van der Waals surface area contributed by atoms with Gasteiger partial charge < -0.3 is 10.4 Å². The van der Waals surface area contributed by atoms with Crippen LogP contribution in [-0.2, 0) is 6.54 Å². The molecule has 0 saturated heterocycles. The monoisotopic (exact) mass is 343 g/mol. The van der Waals surface area contributed by atoms with Crippen molar-refractivity contribution in [1.29, 1.82) is 0 Å². The molecule has 2 N–H and O–H groups in total. The Morgan fingerprint density at radius 2 is 2.00 bits per heavy atom. The highest BCUT2D eigenvalue weighted by Crippen LogP contribution is 2.28. The van der Waals surface area contributed by atoms with E-state index in [0.29, 0.717) is 6.54 Å². The van der Waals surface area contributed by atoms with Crippen LogP contribution >= 0.6 is 22.7 Å². The number of aryl methyl sites for hydroxylation is 1. The molecule has 0 spiro atoms. The summed E-state index contributed by atoms with van der Waals surface area (Å²) >= 11 is 2.97. The zero-order chi connectivity index (χ0) is 16.2. The third-order valence-corrected chi connectivity index (χ3v) is 5.63. The topological polar surface area (TPSA) is 49.3 Å². The zero-order valence-electron chi connectivity index (χ0n) is 12.7. The van der Waals surface area contributed by atoms with E-state index in [1.807, 2.05) is 60.8 Å². The van der Waals surface area contributed by atoms with Crippen molar-refractivity contribution in [2.75, 3.05) is 0 Å². The van der Waals surface area contributed by atoms with Gasteiger partial charge in [0, 0.05) is 9.75 Å². The van der Waals surface area contributed by atoms with Crippen molar-refractivity contribution < 1.29 is 9.90 Å². The molecule has 0 saturated carbocycles. The molecule has 0 aliphatic carbocycles. The number of carbonyl (C=O) groups excluding carboxylic acids is 1. The minimum Gasteiger partial charge on any atom is -0.383 e. The van der Waals surface area contributed by atoms with Gasteiger partial charge in [0.15, 0.2) is 0 Å². The lowest BCUT2D eigenvalue weighted by Gasteiger charge is -2.08. The van der Waals surface area contributed by atoms with Crippen molar-refractivity contribution in [2.24, 2.45) is 0 Å². The first-order chi connectivity index (χ1) is 11.1. The normalized spacial score (nSPS) is 12.1. The number of hydrogen-bond acceptors (Lipinski definition) is 4. The summed E-state index contributed by atoms with van der Waals surface area (Å²) in [5, 5.41) is 15.3. The van der Waals surface area contributed by atoms with E-state index in [9.17, 15) is 9.90 Å². The second-order valence-corrected chi connectivity index (χ2v) is 7.40. The van der Waals surface area contributed by atoms with Crippen molar-refractivity contribution in [3.63, 3.8) is 0 Å². The Labute approximate surface area is 143 Å². The van der Waals surface area contributed by atoms with Crippen molar-refractivity contribution in [2.45, 2.75) is 19.6 Å². The fraction of sp³-hybridized carbons (Fsp3) is 0.167. The lowest BCUT2D eigenvalue weighted by Crippen LogP contribution is -2.21. The van der Waals surface area contributed by atoms with Gasteiger partial charge in [0.2, 0.25) is 0 Å². The van der Waals surface area contributed by atoms with Crippen molar-refractivity contribution in [1.82, 2.24) is 5.32 Å². The molecular formula is C18H17NO2S2. The zero-order valence-corrected chi connectivity index (χ0v) is 14.3. The highest BCUT2D eigenvalue weighted by atomic mass is 32.1. The van der Waals surface area contributed by atoms with Gasteiger partial charge in [-0.2, -0.15) is 0 Å². The Balaban J connectivity index is 1.62. The van der Waals surface area contributed by atoms with Crippen LogP contribution in [0.1, 0.15) is 36.7 Å². The number of nitrogens with one attached hydrogen (secondary N) is 1. The molecule has 3 aromatic rings. The summed E-state index contributed by atoms with van der Waals surface area (Å²) in [4.78, 5) is 14.7. The quantitative estimate of drug-likeness (QED) is 0.732. The van der Waals surface area contributed by atoms with Crippen LogP contribution < -0.4 is 5.32 Å². The average molecular weight is 343 g/mol. The van der Waals surface area contributed by atoms with Crippen LogP contribution in [0.4, 0.5) is 0 Å². The van der Waals surface area contributed by atoms with Gasteiger partial charge in [-0.3, -0.25) is 4.79 Å². The molecule has 3 nitrogen and oxygen atoms in total. The lowest BCUT2D eigenvalue weighted by atomic mass is 10.1. The SMILES string of the molecule is Cc1csc(C(=O)NCc2ccc(C(O)c3ccccc3)s2)c1. The molecule has 0 fully saturated rings. The smallest absolute Gasteiger partial charge is 0.261 e. The van der Waals surface area contributed by atoms with Crippen molar-refractivity contribution in [3.05, 3.63) is 79.7 Å². The largest absolute Gasteiger partial charge is 0.383 e. The fourth-order valence-electron chi connectivity index (χ4n) is 2.24. The lowest BCUT2D eigenvalue weighted by molar-refractivity contribution is 0.0955. The number of benzene rings is 1. The Morgan fingerprint density at radius 3 is 2.70 bits per heavy atom. The number of carbonyl (C=O) groups is 1. The van der Waals surface area contributed by atoms with Crippen LogP contribution in [0.3, 0.4) is 0 Å². The van der Waals surface area contributed by atoms with Crippen LogP contribution in [0.15, 0.2) is 53.9 Å².